The third-order valence-electron chi connectivity index (χ3n) is 3.72. The van der Waals surface area contributed by atoms with Crippen molar-refractivity contribution >= 4 is 29.1 Å². The van der Waals surface area contributed by atoms with Crippen molar-refractivity contribution < 1.29 is 14.0 Å². The van der Waals surface area contributed by atoms with Gasteiger partial charge in [0.25, 0.3) is 5.91 Å². The van der Waals surface area contributed by atoms with Crippen molar-refractivity contribution in [2.24, 2.45) is 5.73 Å². The summed E-state index contributed by atoms with van der Waals surface area (Å²) in [7, 11) is 0. The molecule has 0 aromatic heterocycles. The smallest absolute Gasteiger partial charge is 0.325 e. The van der Waals surface area contributed by atoms with E-state index < -0.39 is 17.4 Å². The van der Waals surface area contributed by atoms with Gasteiger partial charge < -0.3 is 11.1 Å². The number of imide groups is 1. The van der Waals surface area contributed by atoms with E-state index in [1.165, 1.54) is 12.1 Å². The number of nitrogens with two attached hydrogens (primary N) is 1. The molecule has 21 heavy (non-hydrogen) atoms. The van der Waals surface area contributed by atoms with Gasteiger partial charge in [-0.05, 0) is 19.4 Å². The minimum absolute atomic E-state index is 0.0917. The van der Waals surface area contributed by atoms with Gasteiger partial charge in [0.1, 0.15) is 16.3 Å². The fourth-order valence-electron chi connectivity index (χ4n) is 2.13. The molecule has 5 nitrogen and oxygen atoms in total. The van der Waals surface area contributed by atoms with E-state index in [1.54, 1.807) is 19.9 Å². The van der Waals surface area contributed by atoms with Crippen molar-refractivity contribution in [1.29, 1.82) is 0 Å². The van der Waals surface area contributed by atoms with Gasteiger partial charge >= 0.3 is 6.03 Å². The molecule has 1 heterocycles. The summed E-state index contributed by atoms with van der Waals surface area (Å²) in [6.45, 7) is 3.34. The van der Waals surface area contributed by atoms with Crippen molar-refractivity contribution in [3.8, 4) is 0 Å². The molecule has 1 atom stereocenters. The first-order valence-corrected chi connectivity index (χ1v) is 6.91. The highest BCUT2D eigenvalue weighted by atomic mass is 32.1. The highest BCUT2D eigenvalue weighted by Crippen LogP contribution is 2.23. The van der Waals surface area contributed by atoms with Crippen molar-refractivity contribution in [2.45, 2.75) is 32.4 Å². The summed E-state index contributed by atoms with van der Waals surface area (Å²) in [5.41, 5.74) is 5.15. The summed E-state index contributed by atoms with van der Waals surface area (Å²) >= 11 is 4.77. The Hall–Kier alpha value is -2.02. The quantitative estimate of drug-likeness (QED) is 0.655. The van der Waals surface area contributed by atoms with Crippen LogP contribution in [0.1, 0.15) is 31.4 Å². The van der Waals surface area contributed by atoms with Gasteiger partial charge in [0.15, 0.2) is 0 Å². The van der Waals surface area contributed by atoms with E-state index in [0.29, 0.717) is 12.0 Å². The summed E-state index contributed by atoms with van der Waals surface area (Å²) in [4.78, 5) is 25.2. The van der Waals surface area contributed by atoms with Gasteiger partial charge in [-0.3, -0.25) is 9.69 Å². The lowest BCUT2D eigenvalue weighted by atomic mass is 9.99. The molecule has 1 unspecified atom stereocenters. The normalized spacial score (nSPS) is 21.6. The Morgan fingerprint density at radius 1 is 1.48 bits per heavy atom. The number of benzene rings is 1. The van der Waals surface area contributed by atoms with Crippen molar-refractivity contribution in [3.05, 3.63) is 35.1 Å². The maximum absolute atomic E-state index is 14.0. The van der Waals surface area contributed by atoms with Crippen molar-refractivity contribution in [3.63, 3.8) is 0 Å². The molecule has 1 aromatic rings. The number of hydrogen-bond donors (Lipinski definition) is 2. The summed E-state index contributed by atoms with van der Waals surface area (Å²) in [6.07, 6.45) is 0.469. The zero-order valence-electron chi connectivity index (χ0n) is 11.8. The van der Waals surface area contributed by atoms with E-state index in [4.69, 9.17) is 18.0 Å². The Morgan fingerprint density at radius 3 is 2.62 bits per heavy atom. The Bertz CT molecular complexity index is 635. The van der Waals surface area contributed by atoms with Crippen LogP contribution < -0.4 is 11.1 Å². The Balaban J connectivity index is 2.25. The minimum atomic E-state index is -0.924. The number of carbonyl (C=O) groups is 2. The predicted octanol–water partition coefficient (Wildman–Crippen LogP) is 1.68. The van der Waals surface area contributed by atoms with E-state index in [0.717, 1.165) is 4.90 Å². The van der Waals surface area contributed by atoms with Crippen LogP contribution in [0.3, 0.4) is 0 Å². The van der Waals surface area contributed by atoms with Crippen LogP contribution in [0.25, 0.3) is 0 Å². The Kier molecular flexibility index (Phi) is 3.95. The topological polar surface area (TPSA) is 75.4 Å². The average Bonchev–Trinajstić information content (AvgIpc) is 2.64. The average molecular weight is 309 g/mol. The van der Waals surface area contributed by atoms with Crippen molar-refractivity contribution in [1.82, 2.24) is 10.2 Å². The number of nitrogens with zero attached hydrogens (tertiary/aromatic N) is 1. The second-order valence-electron chi connectivity index (χ2n) is 5.18. The number of thiocarbonyl (C=S) groups is 1. The highest BCUT2D eigenvalue weighted by Gasteiger charge is 2.46. The molecule has 2 rings (SSSR count). The number of urea groups is 1. The Labute approximate surface area is 127 Å². The summed E-state index contributed by atoms with van der Waals surface area (Å²) in [6, 6.07) is 3.74. The maximum atomic E-state index is 14.0. The molecule has 1 fully saturated rings. The first kappa shape index (κ1) is 15.4. The van der Waals surface area contributed by atoms with Gasteiger partial charge in [-0.25, -0.2) is 9.18 Å². The van der Waals surface area contributed by atoms with Crippen LogP contribution in [0.5, 0.6) is 0 Å². The molecule has 0 saturated carbocycles. The van der Waals surface area contributed by atoms with Crippen LogP contribution in [-0.4, -0.2) is 27.4 Å². The molecule has 0 radical (unpaired) electrons. The van der Waals surface area contributed by atoms with Gasteiger partial charge in [0.2, 0.25) is 0 Å². The lowest BCUT2D eigenvalue weighted by molar-refractivity contribution is -0.131. The second kappa shape index (κ2) is 5.40. The SMILES string of the molecule is CCC1(C)NC(=O)N(Cc2ccc(C(N)=S)cc2F)C1=O. The van der Waals surface area contributed by atoms with Gasteiger partial charge in [0.05, 0.1) is 6.54 Å². The molecule has 0 aliphatic carbocycles. The maximum Gasteiger partial charge on any atom is 0.325 e. The first-order chi connectivity index (χ1) is 9.78. The minimum Gasteiger partial charge on any atom is -0.389 e. The summed E-state index contributed by atoms with van der Waals surface area (Å²) < 4.78 is 14.0. The van der Waals surface area contributed by atoms with Crippen LogP contribution >= 0.6 is 12.2 Å². The second-order valence-corrected chi connectivity index (χ2v) is 5.62. The number of carbonyl (C=O) groups excluding carboxylic acids is 2. The van der Waals surface area contributed by atoms with Gasteiger partial charge in [-0.15, -0.1) is 0 Å². The summed E-state index contributed by atoms with van der Waals surface area (Å²) in [5, 5.41) is 2.62. The number of halogens is 1. The molecule has 1 aliphatic rings. The zero-order chi connectivity index (χ0) is 15.8. The molecular weight excluding hydrogens is 293 g/mol. The van der Waals surface area contributed by atoms with E-state index >= 15 is 0 Å². The third kappa shape index (κ3) is 2.73. The number of nitrogens with one attached hydrogen (secondary N) is 1. The van der Waals surface area contributed by atoms with Gasteiger partial charge in [-0.2, -0.15) is 0 Å². The third-order valence-corrected chi connectivity index (χ3v) is 3.95. The molecule has 112 valence electrons. The molecule has 1 saturated heterocycles. The van der Waals surface area contributed by atoms with Crippen LogP contribution in [0.2, 0.25) is 0 Å². The fraction of sp³-hybridized carbons (Fsp3) is 0.357. The largest absolute Gasteiger partial charge is 0.389 e. The van der Waals surface area contributed by atoms with E-state index in [9.17, 15) is 14.0 Å². The summed E-state index contributed by atoms with van der Waals surface area (Å²) in [5.74, 6) is -0.904. The standard InChI is InChI=1S/C14H16FN3O2S/c1-3-14(2)12(19)18(13(20)17-14)7-9-5-4-8(11(16)21)6-10(9)15/h4-6H,3,7H2,1-2H3,(H2,16,21)(H,17,20). The molecular formula is C14H16FN3O2S. The first-order valence-electron chi connectivity index (χ1n) is 6.51. The fourth-order valence-corrected chi connectivity index (χ4v) is 2.26. The van der Waals surface area contributed by atoms with Crippen LogP contribution in [0.15, 0.2) is 18.2 Å². The predicted molar refractivity (Wildman–Crippen MR) is 80.1 cm³/mol. The molecule has 0 bridgehead atoms. The number of rotatable bonds is 4. The molecule has 7 heteroatoms. The van der Waals surface area contributed by atoms with E-state index in [-0.39, 0.29) is 23.0 Å². The van der Waals surface area contributed by atoms with Crippen LogP contribution in [0.4, 0.5) is 9.18 Å². The molecule has 3 N–H and O–H groups in total. The molecule has 0 spiro atoms. The lowest BCUT2D eigenvalue weighted by Gasteiger charge is -2.19. The molecule has 3 amide bonds. The molecule has 1 aromatic carbocycles. The zero-order valence-corrected chi connectivity index (χ0v) is 12.6. The van der Waals surface area contributed by atoms with E-state index in [1.807, 2.05) is 0 Å². The Morgan fingerprint density at radius 2 is 2.14 bits per heavy atom. The lowest BCUT2D eigenvalue weighted by Crippen LogP contribution is -2.43. The number of hydrogen-bond acceptors (Lipinski definition) is 3. The highest BCUT2D eigenvalue weighted by molar-refractivity contribution is 7.80. The molecule has 1 aliphatic heterocycles. The van der Waals surface area contributed by atoms with Crippen molar-refractivity contribution in [2.75, 3.05) is 0 Å². The monoisotopic (exact) mass is 309 g/mol. The van der Waals surface area contributed by atoms with E-state index in [2.05, 4.69) is 5.32 Å². The number of amides is 3. The van der Waals surface area contributed by atoms with Crippen LogP contribution in [-0.2, 0) is 11.3 Å². The van der Waals surface area contributed by atoms with Gasteiger partial charge in [0, 0.05) is 11.1 Å². The van der Waals surface area contributed by atoms with Crippen LogP contribution in [0, 0.1) is 5.82 Å². The van der Waals surface area contributed by atoms with Gasteiger partial charge in [-0.1, -0.05) is 31.3 Å².